The van der Waals surface area contributed by atoms with Crippen LogP contribution in [0.4, 0.5) is 4.39 Å². The summed E-state index contributed by atoms with van der Waals surface area (Å²) in [6.45, 7) is 2.31. The van der Waals surface area contributed by atoms with Crippen LogP contribution in [0.2, 0.25) is 0 Å². The average molecular weight is 291 g/mol. The first kappa shape index (κ1) is 14.9. The van der Waals surface area contributed by atoms with Crippen molar-refractivity contribution in [2.75, 3.05) is 0 Å². The van der Waals surface area contributed by atoms with Gasteiger partial charge in [-0.1, -0.05) is 42.0 Å². The lowest BCUT2D eigenvalue weighted by Gasteiger charge is -2.06. The van der Waals surface area contributed by atoms with E-state index in [0.717, 1.165) is 16.7 Å². The molecule has 2 aromatic rings. The molecular weight excluding hydrogens is 273 g/mol. The van der Waals surface area contributed by atoms with Crippen molar-refractivity contribution in [1.82, 2.24) is 0 Å². The molecule has 0 spiro atoms. The highest BCUT2D eigenvalue weighted by molar-refractivity contribution is 7.83. The predicted octanol–water partition coefficient (Wildman–Crippen LogP) is 3.04. The summed E-state index contributed by atoms with van der Waals surface area (Å²) in [5.41, 5.74) is 8.84. The average Bonchev–Trinajstić information content (AvgIpc) is 2.41. The summed E-state index contributed by atoms with van der Waals surface area (Å²) in [6.07, 6.45) is 0. The maximum Gasteiger partial charge on any atom is 0.127 e. The van der Waals surface area contributed by atoms with E-state index in [1.807, 2.05) is 31.2 Å². The zero-order valence-corrected chi connectivity index (χ0v) is 12.3. The van der Waals surface area contributed by atoms with Gasteiger partial charge in [0.15, 0.2) is 0 Å². The molecule has 0 amide bonds. The monoisotopic (exact) mass is 291 g/mol. The molecule has 0 saturated carbocycles. The number of halogens is 1. The Hall–Kier alpha value is -1.52. The van der Waals surface area contributed by atoms with Crippen molar-refractivity contribution in [1.29, 1.82) is 0 Å². The maximum absolute atomic E-state index is 13.8. The maximum atomic E-state index is 13.8. The second-order valence-electron chi connectivity index (χ2n) is 4.85. The Morgan fingerprint density at radius 3 is 2.55 bits per heavy atom. The smallest absolute Gasteiger partial charge is 0.127 e. The molecule has 0 aliphatic carbocycles. The van der Waals surface area contributed by atoms with Gasteiger partial charge in [0, 0.05) is 28.7 Å². The summed E-state index contributed by atoms with van der Waals surface area (Å²) >= 11 is 0. The lowest BCUT2D eigenvalue weighted by molar-refractivity contribution is 0.613. The number of hydrogen-bond donors (Lipinski definition) is 1. The Kier molecular flexibility index (Phi) is 5.04. The molecular formula is C16H18FNOS. The van der Waals surface area contributed by atoms with E-state index in [2.05, 4.69) is 0 Å². The van der Waals surface area contributed by atoms with E-state index in [1.54, 1.807) is 12.1 Å². The molecule has 2 nitrogen and oxygen atoms in total. The number of nitrogens with two attached hydrogens (primary N) is 1. The molecule has 20 heavy (non-hydrogen) atoms. The van der Waals surface area contributed by atoms with Crippen molar-refractivity contribution >= 4 is 10.8 Å². The molecule has 0 aliphatic heterocycles. The van der Waals surface area contributed by atoms with Gasteiger partial charge < -0.3 is 5.73 Å². The normalized spacial score (nSPS) is 12.3. The third-order valence-electron chi connectivity index (χ3n) is 3.08. The van der Waals surface area contributed by atoms with E-state index < -0.39 is 10.8 Å². The fourth-order valence-corrected chi connectivity index (χ4v) is 3.28. The second kappa shape index (κ2) is 6.77. The highest BCUT2D eigenvalue weighted by Gasteiger charge is 2.08. The van der Waals surface area contributed by atoms with E-state index in [4.69, 9.17) is 5.73 Å². The minimum Gasteiger partial charge on any atom is -0.326 e. The lowest BCUT2D eigenvalue weighted by atomic mass is 10.1. The number of hydrogen-bond acceptors (Lipinski definition) is 2. The quantitative estimate of drug-likeness (QED) is 0.920. The van der Waals surface area contributed by atoms with E-state index in [-0.39, 0.29) is 11.6 Å². The van der Waals surface area contributed by atoms with Crippen LogP contribution < -0.4 is 5.73 Å². The second-order valence-corrected chi connectivity index (χ2v) is 6.30. The summed E-state index contributed by atoms with van der Waals surface area (Å²) in [4.78, 5) is 0. The van der Waals surface area contributed by atoms with Gasteiger partial charge in [-0.15, -0.1) is 0 Å². The first-order chi connectivity index (χ1) is 9.58. The number of aryl methyl sites for hydroxylation is 1. The lowest BCUT2D eigenvalue weighted by Crippen LogP contribution is -2.03. The molecule has 1 unspecified atom stereocenters. The number of rotatable bonds is 5. The standard InChI is InChI=1S/C16H18FNOS/c1-12-3-2-4-14(7-12)10-20(19)11-15-6-5-13(9-18)8-16(15)17/h2-8H,9-11,18H2,1H3. The van der Waals surface area contributed by atoms with Crippen LogP contribution in [-0.4, -0.2) is 4.21 Å². The Morgan fingerprint density at radius 1 is 1.10 bits per heavy atom. The van der Waals surface area contributed by atoms with Gasteiger partial charge in [-0.2, -0.15) is 0 Å². The third-order valence-corrected chi connectivity index (χ3v) is 4.37. The zero-order valence-electron chi connectivity index (χ0n) is 11.4. The van der Waals surface area contributed by atoms with Crippen LogP contribution in [0.5, 0.6) is 0 Å². The van der Waals surface area contributed by atoms with Gasteiger partial charge in [0.05, 0.1) is 5.75 Å². The molecule has 2 aromatic carbocycles. The van der Waals surface area contributed by atoms with Gasteiger partial charge in [-0.05, 0) is 24.1 Å². The molecule has 0 aromatic heterocycles. The third kappa shape index (κ3) is 3.99. The van der Waals surface area contributed by atoms with Crippen LogP contribution in [0.25, 0.3) is 0 Å². The van der Waals surface area contributed by atoms with Crippen molar-refractivity contribution < 1.29 is 8.60 Å². The molecule has 0 saturated heterocycles. The minimum absolute atomic E-state index is 0.227. The Morgan fingerprint density at radius 2 is 1.90 bits per heavy atom. The summed E-state index contributed by atoms with van der Waals surface area (Å²) in [5, 5.41) is 0. The fourth-order valence-electron chi connectivity index (χ4n) is 2.05. The van der Waals surface area contributed by atoms with E-state index in [1.165, 1.54) is 6.07 Å². The molecule has 0 aliphatic rings. The molecule has 2 rings (SSSR count). The molecule has 0 radical (unpaired) electrons. The van der Waals surface area contributed by atoms with Gasteiger partial charge in [-0.3, -0.25) is 4.21 Å². The predicted molar refractivity (Wildman–Crippen MR) is 81.0 cm³/mol. The van der Waals surface area contributed by atoms with Crippen molar-refractivity contribution in [3.05, 3.63) is 70.5 Å². The summed E-state index contributed by atoms with van der Waals surface area (Å²) < 4.78 is 25.9. The molecule has 0 fully saturated rings. The summed E-state index contributed by atoms with van der Waals surface area (Å²) in [6, 6.07) is 12.8. The highest BCUT2D eigenvalue weighted by atomic mass is 32.2. The molecule has 0 heterocycles. The van der Waals surface area contributed by atoms with Gasteiger partial charge in [0.25, 0.3) is 0 Å². The fraction of sp³-hybridized carbons (Fsp3) is 0.250. The Balaban J connectivity index is 2.05. The largest absolute Gasteiger partial charge is 0.326 e. The van der Waals surface area contributed by atoms with Crippen molar-refractivity contribution in [3.63, 3.8) is 0 Å². The first-order valence-electron chi connectivity index (χ1n) is 6.46. The molecule has 1 atom stereocenters. The van der Waals surface area contributed by atoms with Crippen LogP contribution in [0.3, 0.4) is 0 Å². The summed E-state index contributed by atoms with van der Waals surface area (Å²) in [7, 11) is -1.12. The van der Waals surface area contributed by atoms with E-state index >= 15 is 0 Å². The van der Waals surface area contributed by atoms with Gasteiger partial charge >= 0.3 is 0 Å². The topological polar surface area (TPSA) is 43.1 Å². The highest BCUT2D eigenvalue weighted by Crippen LogP contribution is 2.15. The van der Waals surface area contributed by atoms with Gasteiger partial charge in [0.2, 0.25) is 0 Å². The van der Waals surface area contributed by atoms with Crippen LogP contribution in [0.1, 0.15) is 22.3 Å². The molecule has 2 N–H and O–H groups in total. The molecule has 4 heteroatoms. The van der Waals surface area contributed by atoms with Crippen LogP contribution >= 0.6 is 0 Å². The first-order valence-corrected chi connectivity index (χ1v) is 7.95. The van der Waals surface area contributed by atoms with Crippen LogP contribution in [-0.2, 0) is 28.9 Å². The van der Waals surface area contributed by atoms with E-state index in [9.17, 15) is 8.60 Å². The SMILES string of the molecule is Cc1cccc(CS(=O)Cc2ccc(CN)cc2F)c1. The summed E-state index contributed by atoms with van der Waals surface area (Å²) in [5.74, 6) is 0.343. The molecule has 0 bridgehead atoms. The minimum atomic E-state index is -1.12. The van der Waals surface area contributed by atoms with Crippen molar-refractivity contribution in [2.24, 2.45) is 5.73 Å². The molecule has 106 valence electrons. The van der Waals surface area contributed by atoms with Crippen LogP contribution in [0.15, 0.2) is 42.5 Å². The number of benzene rings is 2. The Labute approximate surface area is 121 Å². The Bertz CT molecular complexity index is 628. The van der Waals surface area contributed by atoms with Gasteiger partial charge in [0.1, 0.15) is 5.82 Å². The van der Waals surface area contributed by atoms with Crippen molar-refractivity contribution in [2.45, 2.75) is 25.0 Å². The zero-order chi connectivity index (χ0) is 14.5. The van der Waals surface area contributed by atoms with Crippen LogP contribution in [0, 0.1) is 12.7 Å². The van der Waals surface area contributed by atoms with Gasteiger partial charge in [-0.25, -0.2) is 4.39 Å². The van der Waals surface area contributed by atoms with E-state index in [0.29, 0.717) is 17.9 Å². The van der Waals surface area contributed by atoms with Crippen molar-refractivity contribution in [3.8, 4) is 0 Å².